The number of carbonyl (C=O) groups is 1. The number of fused-ring (bicyclic) bond motifs is 1. The van der Waals surface area contributed by atoms with Gasteiger partial charge < -0.3 is 9.32 Å². The van der Waals surface area contributed by atoms with Gasteiger partial charge in [0.25, 0.3) is 0 Å². The van der Waals surface area contributed by atoms with Gasteiger partial charge in [-0.05, 0) is 67.8 Å². The van der Waals surface area contributed by atoms with E-state index in [1.165, 1.54) is 30.2 Å². The molecule has 3 heterocycles. The first-order valence-electron chi connectivity index (χ1n) is 10.4. The third-order valence-corrected chi connectivity index (χ3v) is 7.87. The zero-order valence-corrected chi connectivity index (χ0v) is 20.2. The van der Waals surface area contributed by atoms with Gasteiger partial charge in [0.05, 0.1) is 10.6 Å². The molecule has 3 aromatic rings. The molecule has 33 heavy (non-hydrogen) atoms. The Labute approximate surface area is 196 Å². The van der Waals surface area contributed by atoms with Crippen molar-refractivity contribution in [1.82, 2.24) is 19.5 Å². The average molecular weight is 488 g/mol. The van der Waals surface area contributed by atoms with Crippen molar-refractivity contribution in [1.29, 1.82) is 0 Å². The summed E-state index contributed by atoms with van der Waals surface area (Å²) in [6.45, 7) is 2.47. The minimum atomic E-state index is -3.52. The van der Waals surface area contributed by atoms with Crippen molar-refractivity contribution in [3.8, 4) is 0 Å². The summed E-state index contributed by atoms with van der Waals surface area (Å²) in [5.74, 6) is 2.22. The number of hydrogen-bond acceptors (Lipinski definition) is 7. The maximum atomic E-state index is 12.9. The maximum absolute atomic E-state index is 12.9. The Bertz CT molecular complexity index is 1290. The number of rotatable bonds is 7. The van der Waals surface area contributed by atoms with Crippen molar-refractivity contribution in [2.24, 2.45) is 0 Å². The van der Waals surface area contributed by atoms with Gasteiger partial charge in [-0.1, -0.05) is 11.8 Å². The van der Waals surface area contributed by atoms with E-state index in [4.69, 9.17) is 4.42 Å². The van der Waals surface area contributed by atoms with Gasteiger partial charge in [-0.3, -0.25) is 9.89 Å². The maximum Gasteiger partial charge on any atom is 0.242 e. The lowest BCUT2D eigenvalue weighted by atomic mass is 10.0. The lowest BCUT2D eigenvalue weighted by molar-refractivity contribution is -0.116. The fourth-order valence-corrected chi connectivity index (χ4v) is 5.14. The van der Waals surface area contributed by atoms with Crippen LogP contribution < -0.4 is 4.90 Å². The number of carbonyl (C=O) groups excluding carboxylic acids is 1. The number of H-pyrrole nitrogens is 1. The lowest BCUT2D eigenvalue weighted by Gasteiger charge is -2.30. The average Bonchev–Trinajstić information content (AvgIpc) is 3.43. The quantitative estimate of drug-likeness (QED) is 0.509. The molecule has 11 heteroatoms. The molecule has 0 fully saturated rings. The number of hydrogen-bond donors (Lipinski definition) is 1. The molecule has 2 aromatic heterocycles. The topological polar surface area (TPSA) is 112 Å². The summed E-state index contributed by atoms with van der Waals surface area (Å²) in [7, 11) is -0.511. The van der Waals surface area contributed by atoms with Crippen LogP contribution >= 0.6 is 11.8 Å². The normalized spacial score (nSPS) is 14.2. The number of nitrogens with zero attached hydrogens (tertiary/aromatic N) is 4. The van der Waals surface area contributed by atoms with Crippen molar-refractivity contribution in [2.75, 3.05) is 31.3 Å². The molecule has 0 unspecified atom stereocenters. The smallest absolute Gasteiger partial charge is 0.242 e. The Morgan fingerprint density at radius 1 is 1.27 bits per heavy atom. The van der Waals surface area contributed by atoms with Crippen molar-refractivity contribution in [3.63, 3.8) is 0 Å². The molecule has 1 aromatic carbocycles. The van der Waals surface area contributed by atoms with Crippen LogP contribution in [0.25, 0.3) is 12.2 Å². The highest BCUT2D eigenvalue weighted by atomic mass is 32.2. The minimum Gasteiger partial charge on any atom is -0.462 e. The number of benzene rings is 1. The number of thioether (sulfide) groups is 1. The van der Waals surface area contributed by atoms with E-state index in [-0.39, 0.29) is 16.6 Å². The summed E-state index contributed by atoms with van der Waals surface area (Å²) in [4.78, 5) is 19.3. The molecule has 0 bridgehead atoms. The molecule has 174 valence electrons. The van der Waals surface area contributed by atoms with E-state index in [1.807, 2.05) is 19.1 Å². The predicted octanol–water partition coefficient (Wildman–Crippen LogP) is 3.20. The first-order valence-corrected chi connectivity index (χ1v) is 12.8. The number of sulfonamides is 1. The second-order valence-electron chi connectivity index (χ2n) is 7.80. The molecular formula is C22H25N5O4S2. The Morgan fingerprint density at radius 3 is 2.82 bits per heavy atom. The first-order chi connectivity index (χ1) is 15.7. The van der Waals surface area contributed by atoms with Gasteiger partial charge >= 0.3 is 0 Å². The number of aromatic nitrogens is 3. The second-order valence-corrected chi connectivity index (χ2v) is 10.9. The zero-order valence-electron chi connectivity index (χ0n) is 18.6. The Morgan fingerprint density at radius 2 is 2.09 bits per heavy atom. The number of furan rings is 1. The molecule has 1 N–H and O–H groups in total. The van der Waals surface area contributed by atoms with Gasteiger partial charge in [0, 0.05) is 26.3 Å². The van der Waals surface area contributed by atoms with Crippen LogP contribution in [0.3, 0.4) is 0 Å². The van der Waals surface area contributed by atoms with Gasteiger partial charge in [0.1, 0.15) is 17.3 Å². The third kappa shape index (κ3) is 5.21. The van der Waals surface area contributed by atoms with E-state index < -0.39 is 10.0 Å². The third-order valence-electron chi connectivity index (χ3n) is 5.22. The van der Waals surface area contributed by atoms with Gasteiger partial charge in [0.2, 0.25) is 21.1 Å². The molecule has 0 radical (unpaired) electrons. The van der Waals surface area contributed by atoms with Crippen LogP contribution in [0.4, 0.5) is 5.69 Å². The van der Waals surface area contributed by atoms with Crippen LogP contribution in [0.5, 0.6) is 0 Å². The lowest BCUT2D eigenvalue weighted by Crippen LogP contribution is -2.37. The minimum absolute atomic E-state index is 0.0721. The van der Waals surface area contributed by atoms with Crippen molar-refractivity contribution in [3.05, 3.63) is 53.2 Å². The fraction of sp³-hybridized carbons (Fsp3) is 0.318. The molecular weight excluding hydrogens is 462 g/mol. The van der Waals surface area contributed by atoms with Gasteiger partial charge in [-0.15, -0.1) is 5.10 Å². The van der Waals surface area contributed by atoms with Crippen molar-refractivity contribution >= 4 is 45.5 Å². The van der Waals surface area contributed by atoms with E-state index in [9.17, 15) is 13.2 Å². The highest BCUT2D eigenvalue weighted by molar-refractivity contribution is 7.99. The van der Waals surface area contributed by atoms with Crippen LogP contribution in [0.1, 0.15) is 29.3 Å². The van der Waals surface area contributed by atoms with Gasteiger partial charge in [0.15, 0.2) is 0 Å². The van der Waals surface area contributed by atoms with Gasteiger partial charge in [-0.2, -0.15) is 0 Å². The molecule has 1 aliphatic rings. The molecule has 4 rings (SSSR count). The summed E-state index contributed by atoms with van der Waals surface area (Å²) in [5.41, 5.74) is 1.62. The van der Waals surface area contributed by atoms with E-state index >= 15 is 0 Å². The zero-order chi connectivity index (χ0) is 23.6. The largest absolute Gasteiger partial charge is 0.462 e. The summed E-state index contributed by atoms with van der Waals surface area (Å²) in [6, 6.07) is 8.70. The van der Waals surface area contributed by atoms with E-state index in [0.29, 0.717) is 17.5 Å². The number of anilines is 1. The highest BCUT2D eigenvalue weighted by Gasteiger charge is 2.26. The van der Waals surface area contributed by atoms with E-state index in [0.717, 1.165) is 35.6 Å². The Hall–Kier alpha value is -2.89. The van der Waals surface area contributed by atoms with E-state index in [1.54, 1.807) is 35.3 Å². The number of aromatic amines is 1. The van der Waals surface area contributed by atoms with E-state index in [2.05, 4.69) is 15.2 Å². The molecule has 0 aliphatic carbocycles. The van der Waals surface area contributed by atoms with Crippen LogP contribution in [-0.4, -0.2) is 60.2 Å². The predicted molar refractivity (Wildman–Crippen MR) is 127 cm³/mol. The van der Waals surface area contributed by atoms with Crippen LogP contribution in [0.2, 0.25) is 0 Å². The Kier molecular flexibility index (Phi) is 6.73. The standard InChI is InChI=1S/C22H25N5O4S2/c1-15-6-7-17(31-15)8-11-20-23-22(25-24-20)32-14-21(28)27-12-4-5-16-13-18(9-10-19(16)27)33(29,30)26(2)3/h6-11,13H,4-5,12,14H2,1-3H3,(H,23,24,25)/b11-8+. The van der Waals surface area contributed by atoms with Crippen LogP contribution in [0, 0.1) is 6.92 Å². The highest BCUT2D eigenvalue weighted by Crippen LogP contribution is 2.31. The summed E-state index contributed by atoms with van der Waals surface area (Å²) in [6.07, 6.45) is 5.06. The SMILES string of the molecule is Cc1ccc(/C=C/c2nc(SCC(=O)N3CCCc4cc(S(=O)(=O)N(C)C)ccc43)n[nH]2)o1. The number of aryl methyl sites for hydroxylation is 2. The molecule has 0 spiro atoms. The molecule has 0 saturated heterocycles. The van der Waals surface area contributed by atoms with Crippen molar-refractivity contribution < 1.29 is 17.6 Å². The molecule has 1 aliphatic heterocycles. The number of nitrogens with one attached hydrogen (secondary N) is 1. The molecule has 0 atom stereocenters. The van der Waals surface area contributed by atoms with Crippen LogP contribution in [0.15, 0.2) is 44.8 Å². The molecule has 9 nitrogen and oxygen atoms in total. The van der Waals surface area contributed by atoms with Crippen molar-refractivity contribution in [2.45, 2.75) is 29.8 Å². The summed E-state index contributed by atoms with van der Waals surface area (Å²) >= 11 is 1.25. The number of amides is 1. The molecule has 0 saturated carbocycles. The fourth-order valence-electron chi connectivity index (χ4n) is 3.51. The van der Waals surface area contributed by atoms with Crippen LogP contribution in [-0.2, 0) is 21.2 Å². The van der Waals surface area contributed by atoms with Gasteiger partial charge in [-0.25, -0.2) is 17.7 Å². The molecule has 1 amide bonds. The summed E-state index contributed by atoms with van der Waals surface area (Å²) < 4.78 is 31.5. The summed E-state index contributed by atoms with van der Waals surface area (Å²) in [5, 5.41) is 7.46. The monoisotopic (exact) mass is 487 g/mol. The first kappa shape index (κ1) is 23.3. The second kappa shape index (κ2) is 9.54. The Balaban J connectivity index is 1.41.